The molecule has 0 radical (unpaired) electrons. The number of hydrogen-bond acceptors (Lipinski definition) is 1. The van der Waals surface area contributed by atoms with Crippen molar-refractivity contribution in [3.63, 3.8) is 0 Å². The first-order valence-electron chi connectivity index (χ1n) is 11.2. The minimum absolute atomic E-state index is 0.371. The minimum atomic E-state index is -0.371. The van der Waals surface area contributed by atoms with E-state index in [0.29, 0.717) is 0 Å². The third-order valence-electron chi connectivity index (χ3n) is 6.81. The Morgan fingerprint density at radius 1 is 0.788 bits per heavy atom. The highest BCUT2D eigenvalue weighted by Crippen LogP contribution is 2.58. The van der Waals surface area contributed by atoms with E-state index >= 15 is 0 Å². The maximum absolute atomic E-state index is 6.31. The molecule has 1 heterocycles. The SMILES string of the molecule is C=CCC1(c2ccc(Cl)cc2)c2ccccc2-c2c(-c3ccccc3)nc3ccccc3c21. The van der Waals surface area contributed by atoms with Crippen LogP contribution < -0.4 is 0 Å². The molecule has 158 valence electrons. The summed E-state index contributed by atoms with van der Waals surface area (Å²) in [6.07, 6.45) is 2.82. The molecule has 1 aliphatic rings. The maximum Gasteiger partial charge on any atom is 0.0791 e. The Kier molecular flexibility index (Phi) is 4.67. The van der Waals surface area contributed by atoms with Gasteiger partial charge < -0.3 is 0 Å². The minimum Gasteiger partial charge on any atom is -0.247 e. The van der Waals surface area contributed by atoms with Crippen LogP contribution in [-0.2, 0) is 5.41 Å². The van der Waals surface area contributed by atoms with Crippen LogP contribution in [-0.4, -0.2) is 4.98 Å². The van der Waals surface area contributed by atoms with Gasteiger partial charge in [-0.1, -0.05) is 103 Å². The van der Waals surface area contributed by atoms with Gasteiger partial charge in [0.2, 0.25) is 0 Å². The van der Waals surface area contributed by atoms with E-state index in [1.807, 2.05) is 18.2 Å². The van der Waals surface area contributed by atoms with Crippen LogP contribution in [0, 0.1) is 0 Å². The summed E-state index contributed by atoms with van der Waals surface area (Å²) in [6, 6.07) is 36.1. The molecule has 1 aromatic heterocycles. The van der Waals surface area contributed by atoms with Gasteiger partial charge in [0.1, 0.15) is 0 Å². The zero-order chi connectivity index (χ0) is 22.4. The van der Waals surface area contributed by atoms with Crippen molar-refractivity contribution in [2.45, 2.75) is 11.8 Å². The van der Waals surface area contributed by atoms with Gasteiger partial charge in [0.05, 0.1) is 16.6 Å². The number of pyridine rings is 1. The Hall–Kier alpha value is -3.68. The van der Waals surface area contributed by atoms with Crippen LogP contribution in [0.5, 0.6) is 0 Å². The normalized spacial score (nSPS) is 16.4. The molecule has 0 saturated heterocycles. The van der Waals surface area contributed by atoms with Gasteiger partial charge in [-0.3, -0.25) is 0 Å². The summed E-state index contributed by atoms with van der Waals surface area (Å²) in [5.74, 6) is 0. The van der Waals surface area contributed by atoms with Gasteiger partial charge in [-0.15, -0.1) is 6.58 Å². The number of aromatic nitrogens is 1. The zero-order valence-corrected chi connectivity index (χ0v) is 18.9. The lowest BCUT2D eigenvalue weighted by Gasteiger charge is -2.33. The van der Waals surface area contributed by atoms with E-state index in [1.54, 1.807) is 0 Å². The summed E-state index contributed by atoms with van der Waals surface area (Å²) >= 11 is 6.31. The molecule has 0 amide bonds. The van der Waals surface area contributed by atoms with Gasteiger partial charge in [-0.05, 0) is 46.9 Å². The molecular weight excluding hydrogens is 422 g/mol. The molecule has 1 aliphatic carbocycles. The summed E-state index contributed by atoms with van der Waals surface area (Å²) in [5, 5.41) is 1.92. The van der Waals surface area contributed by atoms with Crippen molar-refractivity contribution in [3.8, 4) is 22.4 Å². The van der Waals surface area contributed by atoms with E-state index in [0.717, 1.165) is 28.2 Å². The number of hydrogen-bond donors (Lipinski definition) is 0. The van der Waals surface area contributed by atoms with Crippen molar-refractivity contribution in [1.82, 2.24) is 4.98 Å². The number of fused-ring (bicyclic) bond motifs is 5. The second-order valence-electron chi connectivity index (χ2n) is 8.54. The molecular formula is C31H22ClN. The summed E-state index contributed by atoms with van der Waals surface area (Å²) in [5.41, 5.74) is 9.04. The largest absolute Gasteiger partial charge is 0.247 e. The Bertz CT molecular complexity index is 1500. The number of para-hydroxylation sites is 1. The Labute approximate surface area is 199 Å². The fourth-order valence-corrected chi connectivity index (χ4v) is 5.64. The number of benzene rings is 4. The van der Waals surface area contributed by atoms with E-state index in [9.17, 15) is 0 Å². The topological polar surface area (TPSA) is 12.9 Å². The van der Waals surface area contributed by atoms with Crippen molar-refractivity contribution in [2.75, 3.05) is 0 Å². The maximum atomic E-state index is 6.31. The molecule has 5 aromatic rings. The first-order valence-corrected chi connectivity index (χ1v) is 11.6. The van der Waals surface area contributed by atoms with E-state index in [-0.39, 0.29) is 5.41 Å². The Morgan fingerprint density at radius 3 is 2.27 bits per heavy atom. The van der Waals surface area contributed by atoms with E-state index in [4.69, 9.17) is 16.6 Å². The second-order valence-corrected chi connectivity index (χ2v) is 8.98. The lowest BCUT2D eigenvalue weighted by atomic mass is 9.69. The smallest absolute Gasteiger partial charge is 0.0791 e. The quantitative estimate of drug-likeness (QED) is 0.254. The average molecular weight is 444 g/mol. The van der Waals surface area contributed by atoms with Gasteiger partial charge in [0.15, 0.2) is 0 Å². The predicted octanol–water partition coefficient (Wildman–Crippen LogP) is 8.45. The highest BCUT2D eigenvalue weighted by Gasteiger charge is 2.46. The molecule has 6 rings (SSSR count). The van der Waals surface area contributed by atoms with Gasteiger partial charge in [0.25, 0.3) is 0 Å². The van der Waals surface area contributed by atoms with Crippen LogP contribution in [0.4, 0.5) is 0 Å². The number of halogens is 1. The van der Waals surface area contributed by atoms with Gasteiger partial charge in [-0.25, -0.2) is 4.98 Å². The van der Waals surface area contributed by atoms with E-state index in [1.165, 1.54) is 33.2 Å². The number of allylic oxidation sites excluding steroid dienone is 1. The summed E-state index contributed by atoms with van der Waals surface area (Å²) in [7, 11) is 0. The lowest BCUT2D eigenvalue weighted by molar-refractivity contribution is 0.651. The second kappa shape index (κ2) is 7.72. The third-order valence-corrected chi connectivity index (χ3v) is 7.06. The summed E-state index contributed by atoms with van der Waals surface area (Å²) < 4.78 is 0. The van der Waals surface area contributed by atoms with Crippen LogP contribution >= 0.6 is 11.6 Å². The van der Waals surface area contributed by atoms with Gasteiger partial charge >= 0.3 is 0 Å². The van der Waals surface area contributed by atoms with Crippen LogP contribution in [0.2, 0.25) is 5.02 Å². The van der Waals surface area contributed by atoms with Crippen LogP contribution in [0.3, 0.4) is 0 Å². The first kappa shape index (κ1) is 20.0. The third kappa shape index (κ3) is 2.90. The summed E-state index contributed by atoms with van der Waals surface area (Å²) in [4.78, 5) is 5.20. The molecule has 2 heteroatoms. The fourth-order valence-electron chi connectivity index (χ4n) is 5.51. The van der Waals surface area contributed by atoms with Crippen molar-refractivity contribution in [3.05, 3.63) is 137 Å². The molecule has 33 heavy (non-hydrogen) atoms. The highest BCUT2D eigenvalue weighted by atomic mass is 35.5. The van der Waals surface area contributed by atoms with Crippen molar-refractivity contribution in [1.29, 1.82) is 0 Å². The monoisotopic (exact) mass is 443 g/mol. The molecule has 0 fully saturated rings. The average Bonchev–Trinajstić information content (AvgIpc) is 3.16. The Morgan fingerprint density at radius 2 is 1.48 bits per heavy atom. The fraction of sp³-hybridized carbons (Fsp3) is 0.0645. The predicted molar refractivity (Wildman–Crippen MR) is 139 cm³/mol. The molecule has 0 saturated carbocycles. The van der Waals surface area contributed by atoms with Crippen molar-refractivity contribution < 1.29 is 0 Å². The van der Waals surface area contributed by atoms with E-state index < -0.39 is 0 Å². The number of rotatable bonds is 4. The molecule has 1 nitrogen and oxygen atoms in total. The van der Waals surface area contributed by atoms with Gasteiger partial charge in [0, 0.05) is 21.5 Å². The molecule has 0 bridgehead atoms. The molecule has 0 N–H and O–H groups in total. The molecule has 1 unspecified atom stereocenters. The van der Waals surface area contributed by atoms with Crippen molar-refractivity contribution >= 4 is 22.5 Å². The van der Waals surface area contributed by atoms with Crippen LogP contribution in [0.25, 0.3) is 33.3 Å². The zero-order valence-electron chi connectivity index (χ0n) is 18.1. The first-order chi connectivity index (χ1) is 16.2. The van der Waals surface area contributed by atoms with Gasteiger partial charge in [-0.2, -0.15) is 0 Å². The molecule has 1 atom stereocenters. The van der Waals surface area contributed by atoms with Crippen LogP contribution in [0.1, 0.15) is 23.1 Å². The molecule has 0 spiro atoms. The van der Waals surface area contributed by atoms with E-state index in [2.05, 4.69) is 97.6 Å². The Balaban J connectivity index is 1.84. The molecule has 0 aliphatic heterocycles. The number of nitrogens with zero attached hydrogens (tertiary/aromatic N) is 1. The molecule has 4 aromatic carbocycles. The van der Waals surface area contributed by atoms with Crippen molar-refractivity contribution in [2.24, 2.45) is 0 Å². The standard InChI is InChI=1S/C31H22ClN/c1-2-20-31(22-16-18-23(32)19-17-22)26-14-8-6-12-24(26)28-29(31)25-13-7-9-15-27(25)33-30(28)21-10-4-3-5-11-21/h2-19H,1,20H2. The summed E-state index contributed by atoms with van der Waals surface area (Å²) in [6.45, 7) is 4.18. The lowest BCUT2D eigenvalue weighted by Crippen LogP contribution is -2.26. The van der Waals surface area contributed by atoms with Crippen LogP contribution in [0.15, 0.2) is 116 Å². The highest BCUT2D eigenvalue weighted by molar-refractivity contribution is 6.30.